The molecule has 3 aromatic rings. The van der Waals surface area contributed by atoms with E-state index in [9.17, 15) is 18.0 Å². The Morgan fingerprint density at radius 2 is 1.88 bits per heavy atom. The summed E-state index contributed by atoms with van der Waals surface area (Å²) in [6.07, 6.45) is 1.65. The van der Waals surface area contributed by atoms with Crippen LogP contribution in [0.3, 0.4) is 0 Å². The maximum atomic E-state index is 12.3. The molecule has 33 heavy (non-hydrogen) atoms. The molecule has 0 bridgehead atoms. The molecule has 2 aromatic carbocycles. The number of aryl methyl sites for hydroxylation is 1. The lowest BCUT2D eigenvalue weighted by atomic mass is 10.2. The van der Waals surface area contributed by atoms with Crippen molar-refractivity contribution in [2.24, 2.45) is 0 Å². The summed E-state index contributed by atoms with van der Waals surface area (Å²) in [5.74, 6) is 0.385. The third kappa shape index (κ3) is 6.99. The number of aromatic nitrogens is 2. The minimum Gasteiger partial charge on any atom is -0.484 e. The molecule has 0 radical (unpaired) electrons. The van der Waals surface area contributed by atoms with Crippen molar-refractivity contribution in [2.75, 3.05) is 18.5 Å². The number of carbonyl (C=O) groups excluding carboxylic acids is 1. The molecule has 0 fully saturated rings. The lowest BCUT2D eigenvalue weighted by molar-refractivity contribution is -0.118. The van der Waals surface area contributed by atoms with Gasteiger partial charge in [-0.1, -0.05) is 25.5 Å². The summed E-state index contributed by atoms with van der Waals surface area (Å²) >= 11 is 0. The van der Waals surface area contributed by atoms with E-state index in [0.717, 1.165) is 12.8 Å². The Bertz CT molecular complexity index is 1270. The van der Waals surface area contributed by atoms with Crippen molar-refractivity contribution >= 4 is 21.6 Å². The SMILES string of the molecule is CCCCNS(=O)(=O)c1ccc(OCC(=O)Nc2cccc(-c3nc(C)cc(=O)[nH]3)c2)cc1. The fourth-order valence-electron chi connectivity index (χ4n) is 2.99. The van der Waals surface area contributed by atoms with Crippen LogP contribution in [0.25, 0.3) is 11.4 Å². The van der Waals surface area contributed by atoms with E-state index in [1.54, 1.807) is 31.2 Å². The second-order valence-corrected chi connectivity index (χ2v) is 9.14. The smallest absolute Gasteiger partial charge is 0.262 e. The number of hydrogen-bond donors (Lipinski definition) is 3. The second-order valence-electron chi connectivity index (χ2n) is 7.38. The molecule has 0 aliphatic heterocycles. The zero-order valence-corrected chi connectivity index (χ0v) is 19.2. The third-order valence-electron chi connectivity index (χ3n) is 4.62. The van der Waals surface area contributed by atoms with Crippen LogP contribution < -0.4 is 20.3 Å². The maximum absolute atomic E-state index is 12.3. The number of rotatable bonds is 10. The number of amides is 1. The van der Waals surface area contributed by atoms with Crippen LogP contribution in [-0.4, -0.2) is 37.4 Å². The van der Waals surface area contributed by atoms with Crippen molar-refractivity contribution in [1.82, 2.24) is 14.7 Å². The molecule has 0 saturated heterocycles. The molecule has 0 aliphatic carbocycles. The van der Waals surface area contributed by atoms with Gasteiger partial charge in [-0.15, -0.1) is 0 Å². The lowest BCUT2D eigenvalue weighted by Gasteiger charge is -2.10. The molecule has 1 aromatic heterocycles. The maximum Gasteiger partial charge on any atom is 0.262 e. The lowest BCUT2D eigenvalue weighted by Crippen LogP contribution is -2.24. The molecule has 3 rings (SSSR count). The van der Waals surface area contributed by atoms with Gasteiger partial charge in [0.15, 0.2) is 6.61 Å². The Labute approximate surface area is 192 Å². The van der Waals surface area contributed by atoms with E-state index in [-0.39, 0.29) is 17.1 Å². The number of sulfonamides is 1. The van der Waals surface area contributed by atoms with Crippen LogP contribution in [0.4, 0.5) is 5.69 Å². The summed E-state index contributed by atoms with van der Waals surface area (Å²) in [7, 11) is -3.57. The van der Waals surface area contributed by atoms with Gasteiger partial charge in [0.1, 0.15) is 11.6 Å². The highest BCUT2D eigenvalue weighted by Gasteiger charge is 2.13. The third-order valence-corrected chi connectivity index (χ3v) is 6.09. The number of ether oxygens (including phenoxy) is 1. The predicted octanol–water partition coefficient (Wildman–Crippen LogP) is 2.84. The normalized spacial score (nSPS) is 11.2. The van der Waals surface area contributed by atoms with Crippen LogP contribution in [0.15, 0.2) is 64.3 Å². The number of H-pyrrole nitrogens is 1. The fourth-order valence-corrected chi connectivity index (χ4v) is 4.06. The van der Waals surface area contributed by atoms with Crippen molar-refractivity contribution in [3.05, 3.63) is 70.6 Å². The molecular weight excluding hydrogens is 444 g/mol. The zero-order chi connectivity index (χ0) is 23.8. The first kappa shape index (κ1) is 24.1. The van der Waals surface area contributed by atoms with Crippen LogP contribution in [-0.2, 0) is 14.8 Å². The summed E-state index contributed by atoms with van der Waals surface area (Å²) in [6.45, 7) is 3.84. The van der Waals surface area contributed by atoms with E-state index in [2.05, 4.69) is 20.0 Å². The monoisotopic (exact) mass is 470 g/mol. The van der Waals surface area contributed by atoms with Gasteiger partial charge in [0.05, 0.1) is 4.90 Å². The number of nitrogens with one attached hydrogen (secondary N) is 3. The van der Waals surface area contributed by atoms with Gasteiger partial charge in [0.2, 0.25) is 10.0 Å². The number of nitrogens with zero attached hydrogens (tertiary/aromatic N) is 1. The van der Waals surface area contributed by atoms with E-state index < -0.39 is 15.9 Å². The molecule has 0 saturated carbocycles. The molecule has 1 heterocycles. The fraction of sp³-hybridized carbons (Fsp3) is 0.261. The summed E-state index contributed by atoms with van der Waals surface area (Å²) in [4.78, 5) is 31.1. The van der Waals surface area contributed by atoms with Gasteiger partial charge < -0.3 is 15.0 Å². The Morgan fingerprint density at radius 3 is 2.58 bits per heavy atom. The molecule has 9 nitrogen and oxygen atoms in total. The highest BCUT2D eigenvalue weighted by molar-refractivity contribution is 7.89. The summed E-state index contributed by atoms with van der Waals surface area (Å²) in [5, 5.41) is 2.73. The standard InChI is InChI=1S/C23H26N4O5S/c1-3-4-12-24-33(30,31)20-10-8-19(9-11-20)32-15-22(29)26-18-7-5-6-17(14-18)23-25-16(2)13-21(28)27-23/h5-11,13-14,24H,3-4,12,15H2,1-2H3,(H,26,29)(H,25,27,28). The highest BCUT2D eigenvalue weighted by atomic mass is 32.2. The van der Waals surface area contributed by atoms with E-state index in [0.29, 0.717) is 35.1 Å². The van der Waals surface area contributed by atoms with Gasteiger partial charge in [0.25, 0.3) is 11.5 Å². The van der Waals surface area contributed by atoms with Gasteiger partial charge in [-0.2, -0.15) is 0 Å². The van der Waals surface area contributed by atoms with E-state index in [1.807, 2.05) is 6.92 Å². The Balaban J connectivity index is 1.58. The minimum absolute atomic E-state index is 0.134. The molecule has 0 aliphatic rings. The largest absolute Gasteiger partial charge is 0.484 e. The Kier molecular flexibility index (Phi) is 7.96. The van der Waals surface area contributed by atoms with Gasteiger partial charge in [-0.25, -0.2) is 18.1 Å². The summed E-state index contributed by atoms with van der Waals surface area (Å²) < 4.78 is 32.4. The predicted molar refractivity (Wildman–Crippen MR) is 126 cm³/mol. The van der Waals surface area contributed by atoms with Crippen LogP contribution in [0.2, 0.25) is 0 Å². The van der Waals surface area contributed by atoms with Crippen LogP contribution in [0, 0.1) is 6.92 Å². The van der Waals surface area contributed by atoms with Gasteiger partial charge in [-0.05, 0) is 49.7 Å². The molecular formula is C23H26N4O5S. The number of carbonyl (C=O) groups is 1. The molecule has 10 heteroatoms. The van der Waals surface area contributed by atoms with Gasteiger partial charge in [0, 0.05) is 29.6 Å². The van der Waals surface area contributed by atoms with Crippen molar-refractivity contribution in [2.45, 2.75) is 31.6 Å². The van der Waals surface area contributed by atoms with E-state index in [4.69, 9.17) is 4.74 Å². The van der Waals surface area contributed by atoms with Crippen LogP contribution >= 0.6 is 0 Å². The topological polar surface area (TPSA) is 130 Å². The quantitative estimate of drug-likeness (QED) is 0.391. The first-order valence-corrected chi connectivity index (χ1v) is 12.0. The molecule has 0 spiro atoms. The Hall–Kier alpha value is -3.50. The second kappa shape index (κ2) is 10.9. The Morgan fingerprint density at radius 1 is 1.12 bits per heavy atom. The van der Waals surface area contributed by atoms with Gasteiger partial charge in [-0.3, -0.25) is 9.59 Å². The first-order valence-electron chi connectivity index (χ1n) is 10.5. The minimum atomic E-state index is -3.57. The molecule has 174 valence electrons. The van der Waals surface area contributed by atoms with Crippen molar-refractivity contribution < 1.29 is 17.9 Å². The van der Waals surface area contributed by atoms with Crippen molar-refractivity contribution in [3.8, 4) is 17.1 Å². The zero-order valence-electron chi connectivity index (χ0n) is 18.4. The molecule has 0 unspecified atom stereocenters. The number of anilines is 1. The van der Waals surface area contributed by atoms with Crippen LogP contribution in [0.1, 0.15) is 25.5 Å². The first-order chi connectivity index (χ1) is 15.8. The number of benzene rings is 2. The number of aromatic amines is 1. The summed E-state index contributed by atoms with van der Waals surface area (Å²) in [5.41, 5.74) is 1.51. The molecule has 0 atom stereocenters. The van der Waals surface area contributed by atoms with Crippen molar-refractivity contribution in [1.29, 1.82) is 0 Å². The highest BCUT2D eigenvalue weighted by Crippen LogP contribution is 2.19. The molecule has 1 amide bonds. The van der Waals surface area contributed by atoms with Crippen LogP contribution in [0.5, 0.6) is 5.75 Å². The van der Waals surface area contributed by atoms with Gasteiger partial charge >= 0.3 is 0 Å². The number of hydrogen-bond acceptors (Lipinski definition) is 6. The van der Waals surface area contributed by atoms with E-state index >= 15 is 0 Å². The van der Waals surface area contributed by atoms with Crippen molar-refractivity contribution in [3.63, 3.8) is 0 Å². The summed E-state index contributed by atoms with van der Waals surface area (Å²) in [6, 6.07) is 14.2. The van der Waals surface area contributed by atoms with E-state index in [1.165, 1.54) is 30.3 Å². The molecule has 3 N–H and O–H groups in total. The average molecular weight is 471 g/mol. The average Bonchev–Trinajstić information content (AvgIpc) is 2.78. The number of unbranched alkanes of at least 4 members (excludes halogenated alkanes) is 1.